The average molecular weight is 470 g/mol. The van der Waals surface area contributed by atoms with E-state index in [1.807, 2.05) is 31.2 Å². The van der Waals surface area contributed by atoms with Gasteiger partial charge in [-0.15, -0.1) is 11.3 Å². The number of aryl methyl sites for hydroxylation is 1. The molecule has 0 bridgehead atoms. The van der Waals surface area contributed by atoms with E-state index in [9.17, 15) is 24.1 Å². The van der Waals surface area contributed by atoms with E-state index in [1.165, 1.54) is 22.3 Å². The highest BCUT2D eigenvalue weighted by molar-refractivity contribution is 7.16. The monoisotopic (exact) mass is 470 g/mol. The SMILES string of the molecule is COc1ccc(-c2nc(NC(=O)C3CC(=O)N(c4ccc(F)c([N+](=O)[O-])c4)C3)sc2C)cc1. The summed E-state index contributed by atoms with van der Waals surface area (Å²) in [4.78, 5) is 42.1. The third-order valence-electron chi connectivity index (χ3n) is 5.32. The van der Waals surface area contributed by atoms with Gasteiger partial charge in [0, 0.05) is 29.5 Å². The molecule has 1 N–H and O–H groups in total. The first-order valence-electron chi connectivity index (χ1n) is 9.94. The summed E-state index contributed by atoms with van der Waals surface area (Å²) >= 11 is 1.32. The Morgan fingerprint density at radius 3 is 2.70 bits per heavy atom. The maximum absolute atomic E-state index is 13.6. The summed E-state index contributed by atoms with van der Waals surface area (Å²) in [6.45, 7) is 1.93. The summed E-state index contributed by atoms with van der Waals surface area (Å²) in [5, 5.41) is 14.2. The second-order valence-electron chi connectivity index (χ2n) is 7.44. The first-order chi connectivity index (χ1) is 15.8. The van der Waals surface area contributed by atoms with E-state index >= 15 is 0 Å². The Hall–Kier alpha value is -3.86. The Bertz CT molecular complexity index is 1240. The number of nitro groups is 1. The van der Waals surface area contributed by atoms with E-state index < -0.39 is 22.3 Å². The molecule has 2 aromatic carbocycles. The quantitative estimate of drug-likeness (QED) is 0.427. The van der Waals surface area contributed by atoms with Crippen LogP contribution in [0.25, 0.3) is 11.3 Å². The first kappa shape index (κ1) is 22.3. The molecule has 0 saturated carbocycles. The zero-order chi connectivity index (χ0) is 23.7. The van der Waals surface area contributed by atoms with Gasteiger partial charge in [-0.05, 0) is 43.3 Å². The summed E-state index contributed by atoms with van der Waals surface area (Å²) < 4.78 is 18.8. The van der Waals surface area contributed by atoms with E-state index in [4.69, 9.17) is 4.74 Å². The van der Waals surface area contributed by atoms with Crippen molar-refractivity contribution < 1.29 is 23.6 Å². The van der Waals surface area contributed by atoms with Crippen molar-refractivity contribution in [3.05, 3.63) is 63.3 Å². The zero-order valence-corrected chi connectivity index (χ0v) is 18.5. The molecule has 9 nitrogen and oxygen atoms in total. The summed E-state index contributed by atoms with van der Waals surface area (Å²) in [5.41, 5.74) is 1.07. The van der Waals surface area contributed by atoms with Crippen molar-refractivity contribution >= 4 is 39.7 Å². The smallest absolute Gasteiger partial charge is 0.306 e. The van der Waals surface area contributed by atoms with Gasteiger partial charge in [0.25, 0.3) is 0 Å². The number of rotatable bonds is 6. The predicted molar refractivity (Wildman–Crippen MR) is 121 cm³/mol. The summed E-state index contributed by atoms with van der Waals surface area (Å²) in [7, 11) is 1.59. The Morgan fingerprint density at radius 2 is 2.03 bits per heavy atom. The van der Waals surface area contributed by atoms with Gasteiger partial charge in [0.15, 0.2) is 5.13 Å². The van der Waals surface area contributed by atoms with Crippen LogP contribution < -0.4 is 15.0 Å². The lowest BCUT2D eigenvalue weighted by Crippen LogP contribution is -2.28. The molecule has 0 aliphatic carbocycles. The fraction of sp³-hybridized carbons (Fsp3) is 0.227. The van der Waals surface area contributed by atoms with Gasteiger partial charge in [-0.2, -0.15) is 4.39 Å². The van der Waals surface area contributed by atoms with Crippen molar-refractivity contribution in [3.63, 3.8) is 0 Å². The fourth-order valence-corrected chi connectivity index (χ4v) is 4.45. The number of nitrogens with one attached hydrogen (secondary N) is 1. The lowest BCUT2D eigenvalue weighted by molar-refractivity contribution is -0.387. The highest BCUT2D eigenvalue weighted by Crippen LogP contribution is 2.33. The highest BCUT2D eigenvalue weighted by Gasteiger charge is 2.36. The molecule has 11 heteroatoms. The topological polar surface area (TPSA) is 115 Å². The van der Waals surface area contributed by atoms with Crippen LogP contribution in [-0.4, -0.2) is 35.4 Å². The van der Waals surface area contributed by atoms with Gasteiger partial charge in [-0.1, -0.05) is 0 Å². The third-order valence-corrected chi connectivity index (χ3v) is 6.21. The number of hydrogen-bond donors (Lipinski definition) is 1. The largest absolute Gasteiger partial charge is 0.497 e. The molecule has 0 radical (unpaired) electrons. The minimum atomic E-state index is -0.989. The Kier molecular flexibility index (Phi) is 6.05. The summed E-state index contributed by atoms with van der Waals surface area (Å²) in [6.07, 6.45) is -0.0628. The molecule has 33 heavy (non-hydrogen) atoms. The van der Waals surface area contributed by atoms with Gasteiger partial charge in [0.05, 0.1) is 29.3 Å². The number of benzene rings is 2. The standard InChI is InChI=1S/C22H19FN4O5S/c1-12-20(13-3-6-16(32-2)7-4-13)24-22(33-12)25-21(29)14-9-19(28)26(11-14)15-5-8-17(23)18(10-15)27(30)31/h3-8,10,14H,9,11H2,1-2H3,(H,24,25,29). The van der Waals surface area contributed by atoms with Crippen molar-refractivity contribution in [3.8, 4) is 17.0 Å². The lowest BCUT2D eigenvalue weighted by atomic mass is 10.1. The van der Waals surface area contributed by atoms with Gasteiger partial charge in [0.1, 0.15) is 5.75 Å². The second kappa shape index (κ2) is 8.94. The van der Waals surface area contributed by atoms with Crippen LogP contribution >= 0.6 is 11.3 Å². The molecular weight excluding hydrogens is 451 g/mol. The Morgan fingerprint density at radius 1 is 1.30 bits per heavy atom. The Labute approximate surface area is 192 Å². The van der Waals surface area contributed by atoms with Crippen LogP contribution in [0.2, 0.25) is 0 Å². The molecule has 3 aromatic rings. The first-order valence-corrected chi connectivity index (χ1v) is 10.8. The second-order valence-corrected chi connectivity index (χ2v) is 8.64. The number of methoxy groups -OCH3 is 1. The summed E-state index contributed by atoms with van der Waals surface area (Å²) in [6, 6.07) is 10.6. The van der Waals surface area contributed by atoms with Gasteiger partial charge in [0.2, 0.25) is 17.6 Å². The number of aromatic nitrogens is 1. The molecule has 2 heterocycles. The number of thiazole rings is 1. The normalized spacial score (nSPS) is 15.5. The van der Waals surface area contributed by atoms with Crippen molar-refractivity contribution in [1.29, 1.82) is 0 Å². The van der Waals surface area contributed by atoms with Crippen LogP contribution in [-0.2, 0) is 9.59 Å². The van der Waals surface area contributed by atoms with Gasteiger partial charge in [-0.3, -0.25) is 19.7 Å². The fourth-order valence-electron chi connectivity index (χ4n) is 3.62. The number of nitro benzene ring substituents is 1. The molecule has 1 aliphatic heterocycles. The molecule has 170 valence electrons. The number of anilines is 2. The van der Waals surface area contributed by atoms with Crippen molar-refractivity contribution in [1.82, 2.24) is 4.98 Å². The zero-order valence-electron chi connectivity index (χ0n) is 17.7. The van der Waals surface area contributed by atoms with E-state index in [0.29, 0.717) is 5.13 Å². The molecular formula is C22H19FN4O5S. The predicted octanol–water partition coefficient (Wildman–Crippen LogP) is 4.17. The van der Waals surface area contributed by atoms with Crippen LogP contribution in [0.4, 0.5) is 20.9 Å². The molecule has 4 rings (SSSR count). The van der Waals surface area contributed by atoms with Crippen molar-refractivity contribution in [2.75, 3.05) is 23.9 Å². The van der Waals surface area contributed by atoms with E-state index in [0.717, 1.165) is 34.0 Å². The van der Waals surface area contributed by atoms with Crippen LogP contribution in [0.5, 0.6) is 5.75 Å². The molecule has 0 spiro atoms. The average Bonchev–Trinajstić information content (AvgIpc) is 3.36. The Balaban J connectivity index is 1.47. The van der Waals surface area contributed by atoms with Crippen molar-refractivity contribution in [2.45, 2.75) is 13.3 Å². The summed E-state index contributed by atoms with van der Waals surface area (Å²) in [5.74, 6) is -1.68. The maximum Gasteiger partial charge on any atom is 0.306 e. The van der Waals surface area contributed by atoms with Crippen LogP contribution in [0.15, 0.2) is 42.5 Å². The number of ether oxygens (including phenoxy) is 1. The lowest BCUT2D eigenvalue weighted by Gasteiger charge is -2.16. The third kappa shape index (κ3) is 4.53. The van der Waals surface area contributed by atoms with Crippen LogP contribution in [0, 0.1) is 28.8 Å². The molecule has 1 unspecified atom stereocenters. The number of halogens is 1. The molecule has 1 fully saturated rings. The molecule has 2 amide bonds. The molecule has 1 atom stereocenters. The minimum Gasteiger partial charge on any atom is -0.497 e. The highest BCUT2D eigenvalue weighted by atomic mass is 32.1. The number of nitrogens with zero attached hydrogens (tertiary/aromatic N) is 3. The number of amides is 2. The maximum atomic E-state index is 13.6. The van der Waals surface area contributed by atoms with Gasteiger partial charge in [-0.25, -0.2) is 4.98 Å². The van der Waals surface area contributed by atoms with E-state index in [2.05, 4.69) is 10.3 Å². The van der Waals surface area contributed by atoms with Crippen molar-refractivity contribution in [2.24, 2.45) is 5.92 Å². The molecule has 1 saturated heterocycles. The number of carbonyl (C=O) groups excluding carboxylic acids is 2. The minimum absolute atomic E-state index is 0.0309. The van der Waals surface area contributed by atoms with E-state index in [-0.39, 0.29) is 30.5 Å². The van der Waals surface area contributed by atoms with Gasteiger partial charge < -0.3 is 15.0 Å². The van der Waals surface area contributed by atoms with E-state index in [1.54, 1.807) is 7.11 Å². The molecule has 1 aliphatic rings. The van der Waals surface area contributed by atoms with Gasteiger partial charge >= 0.3 is 5.69 Å². The number of carbonyl (C=O) groups is 2. The van der Waals surface area contributed by atoms with Crippen LogP contribution in [0.3, 0.4) is 0 Å². The number of hydrogen-bond acceptors (Lipinski definition) is 7. The van der Waals surface area contributed by atoms with Crippen LogP contribution in [0.1, 0.15) is 11.3 Å². The molecule has 1 aromatic heterocycles.